The molecule has 0 spiro atoms. The number of nitrogens with zero attached hydrogens (tertiary/aromatic N) is 2. The molecular formula is C17H12N2O2. The maximum absolute atomic E-state index is 12.3. The van der Waals surface area contributed by atoms with Crippen molar-refractivity contribution in [3.8, 4) is 6.07 Å². The number of hydrogen-bond donors (Lipinski definition) is 0. The Morgan fingerprint density at radius 2 is 1.43 bits per heavy atom. The highest BCUT2D eigenvalue weighted by Crippen LogP contribution is 2.25. The smallest absolute Gasteiger partial charge is 0.261 e. The number of carbonyl (C=O) groups excluding carboxylic acids is 2. The van der Waals surface area contributed by atoms with Crippen LogP contribution in [0.5, 0.6) is 0 Å². The molecule has 1 aliphatic heterocycles. The number of rotatable bonds is 3. The zero-order valence-corrected chi connectivity index (χ0v) is 11.2. The zero-order chi connectivity index (χ0) is 14.8. The van der Waals surface area contributed by atoms with Gasteiger partial charge in [-0.25, -0.2) is 0 Å². The van der Waals surface area contributed by atoms with E-state index in [0.29, 0.717) is 11.1 Å². The molecule has 2 amide bonds. The number of hydrogen-bond acceptors (Lipinski definition) is 3. The third kappa shape index (κ3) is 2.19. The van der Waals surface area contributed by atoms with Crippen LogP contribution in [0.3, 0.4) is 0 Å². The number of imide groups is 1. The Morgan fingerprint density at radius 3 is 1.95 bits per heavy atom. The molecule has 2 aromatic rings. The van der Waals surface area contributed by atoms with Crippen molar-refractivity contribution in [2.45, 2.75) is 5.92 Å². The lowest BCUT2D eigenvalue weighted by Gasteiger charge is -2.17. The van der Waals surface area contributed by atoms with Crippen LogP contribution in [0.1, 0.15) is 32.2 Å². The predicted molar refractivity (Wildman–Crippen MR) is 76.6 cm³/mol. The third-order valence-electron chi connectivity index (χ3n) is 3.60. The van der Waals surface area contributed by atoms with Crippen molar-refractivity contribution in [3.63, 3.8) is 0 Å². The molecule has 1 unspecified atom stereocenters. The second kappa shape index (κ2) is 5.22. The van der Waals surface area contributed by atoms with Crippen molar-refractivity contribution < 1.29 is 9.59 Å². The van der Waals surface area contributed by atoms with E-state index < -0.39 is 5.92 Å². The van der Waals surface area contributed by atoms with Crippen molar-refractivity contribution in [1.82, 2.24) is 4.90 Å². The third-order valence-corrected chi connectivity index (χ3v) is 3.60. The van der Waals surface area contributed by atoms with E-state index in [1.165, 1.54) is 0 Å². The van der Waals surface area contributed by atoms with Gasteiger partial charge in [0.15, 0.2) is 0 Å². The van der Waals surface area contributed by atoms with Crippen molar-refractivity contribution in [2.75, 3.05) is 6.54 Å². The highest BCUT2D eigenvalue weighted by Gasteiger charge is 2.36. The molecule has 0 bridgehead atoms. The maximum Gasteiger partial charge on any atom is 0.261 e. The normalized spacial score (nSPS) is 14.7. The minimum Gasteiger partial charge on any atom is -0.273 e. The number of benzene rings is 2. The summed E-state index contributed by atoms with van der Waals surface area (Å²) in [5.74, 6) is -1.17. The van der Waals surface area contributed by atoms with E-state index in [2.05, 4.69) is 6.07 Å². The van der Waals surface area contributed by atoms with Crippen molar-refractivity contribution in [2.24, 2.45) is 0 Å². The molecule has 4 heteroatoms. The summed E-state index contributed by atoms with van der Waals surface area (Å²) in [4.78, 5) is 25.7. The average molecular weight is 276 g/mol. The lowest BCUT2D eigenvalue weighted by atomic mass is 10.0. The van der Waals surface area contributed by atoms with E-state index in [4.69, 9.17) is 0 Å². The topological polar surface area (TPSA) is 61.2 Å². The van der Waals surface area contributed by atoms with Gasteiger partial charge in [0.25, 0.3) is 11.8 Å². The molecule has 102 valence electrons. The summed E-state index contributed by atoms with van der Waals surface area (Å²) in [7, 11) is 0. The largest absolute Gasteiger partial charge is 0.273 e. The molecule has 0 aliphatic carbocycles. The van der Waals surface area contributed by atoms with Crippen LogP contribution in [0, 0.1) is 11.3 Å². The molecule has 1 atom stereocenters. The van der Waals surface area contributed by atoms with Crippen LogP contribution in [-0.2, 0) is 0 Å². The van der Waals surface area contributed by atoms with Crippen LogP contribution in [-0.4, -0.2) is 23.3 Å². The summed E-state index contributed by atoms with van der Waals surface area (Å²) >= 11 is 0. The first-order valence-corrected chi connectivity index (χ1v) is 6.62. The number of nitriles is 1. The van der Waals surface area contributed by atoms with E-state index in [-0.39, 0.29) is 18.4 Å². The van der Waals surface area contributed by atoms with Gasteiger partial charge >= 0.3 is 0 Å². The van der Waals surface area contributed by atoms with Crippen molar-refractivity contribution in [1.29, 1.82) is 5.26 Å². The summed E-state index contributed by atoms with van der Waals surface area (Å²) in [5.41, 5.74) is 1.62. The standard InChI is InChI=1S/C17H12N2O2/c18-10-13(12-6-2-1-3-7-12)11-19-16(20)14-8-4-5-9-15(14)17(19)21/h1-9,13H,11H2. The lowest BCUT2D eigenvalue weighted by molar-refractivity contribution is 0.0651. The fourth-order valence-electron chi connectivity index (χ4n) is 2.49. The molecule has 0 radical (unpaired) electrons. The molecule has 0 fully saturated rings. The van der Waals surface area contributed by atoms with Crippen LogP contribution in [0.4, 0.5) is 0 Å². The number of amides is 2. The Kier molecular flexibility index (Phi) is 3.25. The van der Waals surface area contributed by atoms with Gasteiger partial charge in [-0.1, -0.05) is 42.5 Å². The quantitative estimate of drug-likeness (QED) is 0.809. The van der Waals surface area contributed by atoms with E-state index in [1.54, 1.807) is 24.3 Å². The van der Waals surface area contributed by atoms with Gasteiger partial charge in [0, 0.05) is 6.54 Å². The highest BCUT2D eigenvalue weighted by molar-refractivity contribution is 6.21. The second-order valence-electron chi connectivity index (χ2n) is 4.86. The highest BCUT2D eigenvalue weighted by atomic mass is 16.2. The van der Waals surface area contributed by atoms with E-state index in [1.807, 2.05) is 30.3 Å². The first kappa shape index (κ1) is 13.1. The minimum absolute atomic E-state index is 0.0762. The molecule has 4 nitrogen and oxygen atoms in total. The van der Waals surface area contributed by atoms with Crippen LogP contribution in [0.15, 0.2) is 54.6 Å². The molecule has 21 heavy (non-hydrogen) atoms. The van der Waals surface area contributed by atoms with Gasteiger partial charge in [-0.2, -0.15) is 5.26 Å². The van der Waals surface area contributed by atoms with Crippen LogP contribution >= 0.6 is 0 Å². The maximum atomic E-state index is 12.3. The van der Waals surface area contributed by atoms with E-state index in [0.717, 1.165) is 10.5 Å². The van der Waals surface area contributed by atoms with Crippen molar-refractivity contribution >= 4 is 11.8 Å². The molecule has 2 aromatic carbocycles. The molecule has 0 saturated carbocycles. The van der Waals surface area contributed by atoms with Crippen LogP contribution in [0.2, 0.25) is 0 Å². The molecule has 0 saturated heterocycles. The van der Waals surface area contributed by atoms with Gasteiger partial charge in [-0.3, -0.25) is 14.5 Å². The summed E-state index contributed by atoms with van der Waals surface area (Å²) in [6.07, 6.45) is 0. The van der Waals surface area contributed by atoms with Gasteiger partial charge in [-0.15, -0.1) is 0 Å². The second-order valence-corrected chi connectivity index (χ2v) is 4.86. The summed E-state index contributed by atoms with van der Waals surface area (Å²) < 4.78 is 0. The Bertz CT molecular complexity index is 712. The molecular weight excluding hydrogens is 264 g/mol. The first-order valence-electron chi connectivity index (χ1n) is 6.62. The summed E-state index contributed by atoms with van der Waals surface area (Å²) in [6, 6.07) is 18.1. The minimum atomic E-state index is -0.520. The number of fused-ring (bicyclic) bond motifs is 1. The predicted octanol–water partition coefficient (Wildman–Crippen LogP) is 2.59. The monoisotopic (exact) mass is 276 g/mol. The SMILES string of the molecule is N#CC(CN1C(=O)c2ccccc2C1=O)c1ccccc1. The Balaban J connectivity index is 1.88. The molecule has 0 aromatic heterocycles. The van der Waals surface area contributed by atoms with Gasteiger partial charge in [0.1, 0.15) is 0 Å². The van der Waals surface area contributed by atoms with Crippen LogP contribution in [0.25, 0.3) is 0 Å². The Hall–Kier alpha value is -2.93. The van der Waals surface area contributed by atoms with Gasteiger partial charge in [0.2, 0.25) is 0 Å². The molecule has 3 rings (SSSR count). The zero-order valence-electron chi connectivity index (χ0n) is 11.2. The van der Waals surface area contributed by atoms with Gasteiger partial charge in [-0.05, 0) is 17.7 Å². The Labute approximate surface area is 122 Å². The lowest BCUT2D eigenvalue weighted by Crippen LogP contribution is -2.33. The van der Waals surface area contributed by atoms with Crippen LogP contribution < -0.4 is 0 Å². The average Bonchev–Trinajstić information content (AvgIpc) is 2.78. The van der Waals surface area contributed by atoms with Gasteiger partial charge in [0.05, 0.1) is 23.1 Å². The van der Waals surface area contributed by atoms with E-state index in [9.17, 15) is 14.9 Å². The summed E-state index contributed by atoms with van der Waals surface area (Å²) in [5, 5.41) is 9.33. The molecule has 1 aliphatic rings. The summed E-state index contributed by atoms with van der Waals surface area (Å²) in [6.45, 7) is 0.0762. The van der Waals surface area contributed by atoms with Gasteiger partial charge < -0.3 is 0 Å². The van der Waals surface area contributed by atoms with Crippen molar-refractivity contribution in [3.05, 3.63) is 71.3 Å². The molecule has 0 N–H and O–H groups in total. The molecule has 1 heterocycles. The fourth-order valence-corrected chi connectivity index (χ4v) is 2.49. The first-order chi connectivity index (χ1) is 10.2. The Morgan fingerprint density at radius 1 is 0.905 bits per heavy atom. The number of carbonyl (C=O) groups is 2. The fraction of sp³-hybridized carbons (Fsp3) is 0.118. The van der Waals surface area contributed by atoms with E-state index >= 15 is 0 Å².